The molecule has 2 rings (SSSR count). The molecule has 3 N–H and O–H groups in total. The number of hydrogen-bond donors (Lipinski definition) is 2. The number of benzene rings is 1. The first-order valence-corrected chi connectivity index (χ1v) is 8.93. The van der Waals surface area contributed by atoms with E-state index in [2.05, 4.69) is 4.72 Å². The summed E-state index contributed by atoms with van der Waals surface area (Å²) in [6, 6.07) is 8.79. The highest BCUT2D eigenvalue weighted by atomic mass is 32.2. The van der Waals surface area contributed by atoms with E-state index < -0.39 is 10.0 Å². The van der Waals surface area contributed by atoms with Gasteiger partial charge in [0.05, 0.1) is 22.8 Å². The summed E-state index contributed by atoms with van der Waals surface area (Å²) in [5.74, 6) is 0. The third-order valence-electron chi connectivity index (χ3n) is 3.03. The van der Waals surface area contributed by atoms with Gasteiger partial charge in [-0.25, -0.2) is 13.1 Å². The molecule has 1 heterocycles. The Hall–Kier alpha value is -1.57. The van der Waals surface area contributed by atoms with Gasteiger partial charge in [-0.1, -0.05) is 13.0 Å². The summed E-state index contributed by atoms with van der Waals surface area (Å²) < 4.78 is 26.6. The Bertz CT molecular complexity index is 697. The summed E-state index contributed by atoms with van der Waals surface area (Å²) in [6.07, 6.45) is 0. The first-order chi connectivity index (χ1) is 9.94. The fourth-order valence-electron chi connectivity index (χ4n) is 2.02. The lowest BCUT2D eigenvalue weighted by Gasteiger charge is -2.21. The molecule has 0 aliphatic heterocycles. The fraction of sp³-hybridized carbons (Fsp3) is 0.286. The predicted molar refractivity (Wildman–Crippen MR) is 88.1 cm³/mol. The van der Waals surface area contributed by atoms with Gasteiger partial charge >= 0.3 is 0 Å². The fourth-order valence-corrected chi connectivity index (χ4v) is 3.83. The predicted octanol–water partition coefficient (Wildman–Crippen LogP) is 2.26. The Morgan fingerprint density at radius 3 is 2.71 bits per heavy atom. The minimum Gasteiger partial charge on any atom is -0.397 e. The van der Waals surface area contributed by atoms with E-state index in [1.54, 1.807) is 30.4 Å². The summed E-state index contributed by atoms with van der Waals surface area (Å²) in [4.78, 5) is 3.37. The molecule has 0 unspecified atom stereocenters. The lowest BCUT2D eigenvalue weighted by atomic mass is 10.2. The van der Waals surface area contributed by atoms with E-state index in [1.165, 1.54) is 10.9 Å². The van der Waals surface area contributed by atoms with Crippen molar-refractivity contribution >= 4 is 32.7 Å². The second-order valence-corrected chi connectivity index (χ2v) is 7.46. The van der Waals surface area contributed by atoms with E-state index >= 15 is 0 Å². The van der Waals surface area contributed by atoms with Crippen LogP contribution in [-0.4, -0.2) is 22.0 Å². The Balaban J connectivity index is 2.31. The lowest BCUT2D eigenvalue weighted by Crippen LogP contribution is -2.24. The Labute approximate surface area is 129 Å². The van der Waals surface area contributed by atoms with Gasteiger partial charge in [-0.05, 0) is 29.6 Å². The van der Waals surface area contributed by atoms with E-state index in [0.29, 0.717) is 24.5 Å². The number of anilines is 2. The maximum absolute atomic E-state index is 12.1. The summed E-state index contributed by atoms with van der Waals surface area (Å²) in [6.45, 7) is 2.79. The molecule has 21 heavy (non-hydrogen) atoms. The van der Waals surface area contributed by atoms with Gasteiger partial charge in [0.25, 0.3) is 0 Å². The molecule has 0 radical (unpaired) electrons. The van der Waals surface area contributed by atoms with Gasteiger partial charge in [0.1, 0.15) is 0 Å². The number of nitrogens with two attached hydrogens (primary N) is 1. The Morgan fingerprint density at radius 2 is 2.10 bits per heavy atom. The minimum absolute atomic E-state index is 0.228. The summed E-state index contributed by atoms with van der Waals surface area (Å²) in [5.41, 5.74) is 7.25. The molecular weight excluding hydrogens is 306 g/mol. The monoisotopic (exact) mass is 325 g/mol. The van der Waals surface area contributed by atoms with E-state index in [-0.39, 0.29) is 4.90 Å². The van der Waals surface area contributed by atoms with E-state index in [9.17, 15) is 8.42 Å². The first-order valence-electron chi connectivity index (χ1n) is 6.56. The van der Waals surface area contributed by atoms with Crippen LogP contribution >= 0.6 is 11.3 Å². The van der Waals surface area contributed by atoms with Crippen LogP contribution in [0.5, 0.6) is 0 Å². The van der Waals surface area contributed by atoms with Gasteiger partial charge in [-0.3, -0.25) is 0 Å². The molecule has 0 aliphatic rings. The number of rotatable bonds is 6. The molecule has 0 amide bonds. The average Bonchev–Trinajstić information content (AvgIpc) is 2.91. The van der Waals surface area contributed by atoms with E-state index in [0.717, 1.165) is 0 Å². The SMILES string of the molecule is CCNS(=O)(=O)c1ccc(N)c(N(C)Cc2cccs2)c1. The largest absolute Gasteiger partial charge is 0.397 e. The average molecular weight is 325 g/mol. The molecule has 0 fully saturated rings. The van der Waals surface area contributed by atoms with Crippen molar-refractivity contribution in [1.82, 2.24) is 4.72 Å². The zero-order valence-electron chi connectivity index (χ0n) is 12.0. The molecule has 1 aromatic carbocycles. The zero-order valence-corrected chi connectivity index (χ0v) is 13.7. The second-order valence-electron chi connectivity index (χ2n) is 4.66. The maximum atomic E-state index is 12.1. The molecule has 0 atom stereocenters. The number of sulfonamides is 1. The standard InChI is InChI=1S/C14H19N3O2S2/c1-3-16-21(18,19)12-6-7-13(15)14(9-12)17(2)10-11-5-4-8-20-11/h4-9,16H,3,10,15H2,1-2H3. The van der Waals surface area contributed by atoms with E-state index in [4.69, 9.17) is 5.73 Å². The Morgan fingerprint density at radius 1 is 1.33 bits per heavy atom. The van der Waals surface area contributed by atoms with Crippen LogP contribution in [0.1, 0.15) is 11.8 Å². The van der Waals surface area contributed by atoms with Gasteiger partial charge in [0, 0.05) is 18.5 Å². The minimum atomic E-state index is -3.47. The molecule has 0 spiro atoms. The molecule has 1 aromatic heterocycles. The smallest absolute Gasteiger partial charge is 0.240 e. The number of hydrogen-bond acceptors (Lipinski definition) is 5. The molecule has 0 aliphatic carbocycles. The van der Waals surface area contributed by atoms with Crippen molar-refractivity contribution in [3.05, 3.63) is 40.6 Å². The van der Waals surface area contributed by atoms with Crippen LogP contribution in [-0.2, 0) is 16.6 Å². The van der Waals surface area contributed by atoms with Crippen molar-refractivity contribution in [3.63, 3.8) is 0 Å². The van der Waals surface area contributed by atoms with Gasteiger partial charge in [-0.15, -0.1) is 11.3 Å². The van der Waals surface area contributed by atoms with E-state index in [1.807, 2.05) is 29.5 Å². The third-order valence-corrected chi connectivity index (χ3v) is 5.44. The number of nitrogens with one attached hydrogen (secondary N) is 1. The van der Waals surface area contributed by atoms with Crippen molar-refractivity contribution in [2.45, 2.75) is 18.4 Å². The van der Waals surface area contributed by atoms with Gasteiger partial charge < -0.3 is 10.6 Å². The molecule has 0 saturated heterocycles. The van der Waals surface area contributed by atoms with Crippen LogP contribution in [0.4, 0.5) is 11.4 Å². The first kappa shape index (κ1) is 15.8. The third kappa shape index (κ3) is 3.75. The number of nitrogens with zero attached hydrogens (tertiary/aromatic N) is 1. The Kier molecular flexibility index (Phi) is 4.87. The molecule has 7 heteroatoms. The van der Waals surface area contributed by atoms with Crippen molar-refractivity contribution in [2.24, 2.45) is 0 Å². The lowest BCUT2D eigenvalue weighted by molar-refractivity contribution is 0.584. The van der Waals surface area contributed by atoms with Crippen molar-refractivity contribution in [3.8, 4) is 0 Å². The molecule has 2 aromatic rings. The molecule has 114 valence electrons. The highest BCUT2D eigenvalue weighted by Crippen LogP contribution is 2.27. The zero-order chi connectivity index (χ0) is 15.5. The van der Waals surface area contributed by atoms with Crippen molar-refractivity contribution in [2.75, 3.05) is 24.2 Å². The van der Waals surface area contributed by atoms with Gasteiger partial charge in [-0.2, -0.15) is 0 Å². The quantitative estimate of drug-likeness (QED) is 0.799. The van der Waals surface area contributed by atoms with Crippen LogP contribution in [0.2, 0.25) is 0 Å². The topological polar surface area (TPSA) is 75.4 Å². The van der Waals surface area contributed by atoms with Crippen LogP contribution in [0.3, 0.4) is 0 Å². The van der Waals surface area contributed by atoms with Crippen LogP contribution < -0.4 is 15.4 Å². The van der Waals surface area contributed by atoms with Gasteiger partial charge in [0.2, 0.25) is 10.0 Å². The number of nitrogen functional groups attached to an aromatic ring is 1. The van der Waals surface area contributed by atoms with Crippen LogP contribution in [0.15, 0.2) is 40.6 Å². The van der Waals surface area contributed by atoms with Crippen LogP contribution in [0.25, 0.3) is 0 Å². The highest BCUT2D eigenvalue weighted by molar-refractivity contribution is 7.89. The molecule has 0 saturated carbocycles. The van der Waals surface area contributed by atoms with Gasteiger partial charge in [0.15, 0.2) is 0 Å². The normalized spacial score (nSPS) is 11.5. The molecular formula is C14H19N3O2S2. The summed E-state index contributed by atoms with van der Waals surface area (Å²) in [5, 5.41) is 2.01. The summed E-state index contributed by atoms with van der Waals surface area (Å²) in [7, 11) is -1.58. The highest BCUT2D eigenvalue weighted by Gasteiger charge is 2.16. The maximum Gasteiger partial charge on any atom is 0.240 e. The summed E-state index contributed by atoms with van der Waals surface area (Å²) >= 11 is 1.66. The number of thiophene rings is 1. The van der Waals surface area contributed by atoms with Crippen molar-refractivity contribution < 1.29 is 8.42 Å². The molecule has 0 bridgehead atoms. The second kappa shape index (κ2) is 6.46. The molecule has 5 nitrogen and oxygen atoms in total. The van der Waals surface area contributed by atoms with Crippen molar-refractivity contribution in [1.29, 1.82) is 0 Å². The van der Waals surface area contributed by atoms with Crippen LogP contribution in [0, 0.1) is 0 Å².